The highest BCUT2D eigenvalue weighted by Gasteiger charge is 2.32. The van der Waals surface area contributed by atoms with Gasteiger partial charge < -0.3 is 5.32 Å². The summed E-state index contributed by atoms with van der Waals surface area (Å²) in [5, 5.41) is 11.9. The fraction of sp³-hybridized carbons (Fsp3) is 0.765. The highest BCUT2D eigenvalue weighted by atomic mass is 16.1. The number of nitrogens with one attached hydrogen (secondary N) is 1. The molecule has 0 aliphatic heterocycles. The number of carbonyl (C=O) groups is 1. The fourth-order valence-electron chi connectivity index (χ4n) is 3.22. The molecule has 1 aliphatic carbocycles. The number of rotatable bonds is 5. The number of carbonyl (C=O) groups excluding carboxylic acids is 1. The second kappa shape index (κ2) is 7.47. The summed E-state index contributed by atoms with van der Waals surface area (Å²) in [6, 6.07) is 2.50. The van der Waals surface area contributed by atoms with E-state index in [0.717, 1.165) is 6.42 Å². The van der Waals surface area contributed by atoms with Crippen LogP contribution in [0.25, 0.3) is 0 Å². The summed E-state index contributed by atoms with van der Waals surface area (Å²) in [4.78, 5) is 12.0. The molecule has 0 unspecified atom stereocenters. The summed E-state index contributed by atoms with van der Waals surface area (Å²) < 4.78 is 0. The van der Waals surface area contributed by atoms with Crippen LogP contribution in [0.1, 0.15) is 53.9 Å². The largest absolute Gasteiger partial charge is 0.354 e. The second-order valence-electron chi connectivity index (χ2n) is 6.70. The molecule has 3 heteroatoms. The van der Waals surface area contributed by atoms with E-state index in [4.69, 9.17) is 5.26 Å². The molecule has 0 heterocycles. The second-order valence-corrected chi connectivity index (χ2v) is 6.70. The number of hydrogen-bond acceptors (Lipinski definition) is 2. The smallest absolute Gasteiger partial charge is 0.220 e. The van der Waals surface area contributed by atoms with Crippen molar-refractivity contribution < 1.29 is 4.79 Å². The zero-order valence-corrected chi connectivity index (χ0v) is 13.4. The minimum absolute atomic E-state index is 0.138. The Hall–Kier alpha value is -1.30. The van der Waals surface area contributed by atoms with Crippen molar-refractivity contribution in [1.29, 1.82) is 5.26 Å². The Kier molecular flexibility index (Phi) is 6.26. The van der Waals surface area contributed by atoms with Crippen LogP contribution < -0.4 is 5.32 Å². The van der Waals surface area contributed by atoms with Crippen LogP contribution >= 0.6 is 0 Å². The van der Waals surface area contributed by atoms with Gasteiger partial charge in [0.25, 0.3) is 0 Å². The van der Waals surface area contributed by atoms with Gasteiger partial charge in [-0.1, -0.05) is 25.5 Å². The van der Waals surface area contributed by atoms with Gasteiger partial charge in [-0.05, 0) is 50.9 Å². The maximum Gasteiger partial charge on any atom is 0.220 e. The first-order chi connectivity index (χ1) is 9.35. The lowest BCUT2D eigenvalue weighted by molar-refractivity contribution is -0.122. The van der Waals surface area contributed by atoms with E-state index in [1.807, 2.05) is 13.8 Å². The first kappa shape index (κ1) is 16.8. The molecule has 0 aromatic carbocycles. The van der Waals surface area contributed by atoms with Gasteiger partial charge in [0.1, 0.15) is 0 Å². The molecule has 1 N–H and O–H groups in total. The molecule has 0 bridgehead atoms. The molecule has 0 saturated carbocycles. The van der Waals surface area contributed by atoms with Gasteiger partial charge in [-0.15, -0.1) is 0 Å². The summed E-state index contributed by atoms with van der Waals surface area (Å²) in [5.41, 5.74) is 1.28. The number of nitriles is 1. The van der Waals surface area contributed by atoms with E-state index in [-0.39, 0.29) is 11.9 Å². The molecule has 112 valence electrons. The lowest BCUT2D eigenvalue weighted by Gasteiger charge is -2.36. The van der Waals surface area contributed by atoms with Crippen LogP contribution in [0, 0.1) is 35.0 Å². The van der Waals surface area contributed by atoms with Gasteiger partial charge in [0, 0.05) is 18.9 Å². The first-order valence-corrected chi connectivity index (χ1v) is 7.69. The maximum atomic E-state index is 12.0. The molecular formula is C17H28N2O. The molecule has 0 spiro atoms. The van der Waals surface area contributed by atoms with E-state index in [1.165, 1.54) is 5.57 Å². The van der Waals surface area contributed by atoms with Crippen LogP contribution in [0.4, 0.5) is 0 Å². The summed E-state index contributed by atoms with van der Waals surface area (Å²) >= 11 is 0. The molecule has 1 aliphatic rings. The van der Waals surface area contributed by atoms with Crippen molar-refractivity contribution >= 4 is 5.91 Å². The van der Waals surface area contributed by atoms with Crippen molar-refractivity contribution in [3.8, 4) is 6.07 Å². The van der Waals surface area contributed by atoms with Gasteiger partial charge in [0.05, 0.1) is 6.07 Å². The van der Waals surface area contributed by atoms with E-state index >= 15 is 0 Å². The van der Waals surface area contributed by atoms with Crippen LogP contribution in [0.3, 0.4) is 0 Å². The van der Waals surface area contributed by atoms with Crippen LogP contribution in [0.2, 0.25) is 0 Å². The number of nitrogens with zero attached hydrogens (tertiary/aromatic N) is 1. The SMILES string of the molecule is CC1=C[C@@H](CC#N)[C@H](C(C)C)C[C@H]1CC(=O)NC(C)C. The molecule has 20 heavy (non-hydrogen) atoms. The molecule has 3 atom stereocenters. The third-order valence-electron chi connectivity index (χ3n) is 4.29. The number of hydrogen-bond donors (Lipinski definition) is 1. The minimum atomic E-state index is 0.138. The highest BCUT2D eigenvalue weighted by Crippen LogP contribution is 2.40. The van der Waals surface area contributed by atoms with Crippen molar-refractivity contribution in [3.63, 3.8) is 0 Å². The van der Waals surface area contributed by atoms with Gasteiger partial charge in [-0.25, -0.2) is 0 Å². The Bertz CT molecular complexity index is 404. The molecule has 0 aromatic rings. The molecular weight excluding hydrogens is 248 g/mol. The van der Waals surface area contributed by atoms with Crippen molar-refractivity contribution in [2.24, 2.45) is 23.7 Å². The van der Waals surface area contributed by atoms with E-state index in [9.17, 15) is 4.79 Å². The topological polar surface area (TPSA) is 52.9 Å². The quantitative estimate of drug-likeness (QED) is 0.779. The molecule has 0 fully saturated rings. The van der Waals surface area contributed by atoms with Gasteiger partial charge in [-0.3, -0.25) is 4.79 Å². The van der Waals surface area contributed by atoms with Crippen molar-refractivity contribution in [2.45, 2.75) is 59.9 Å². The molecule has 0 saturated heterocycles. The molecule has 1 amide bonds. The average molecular weight is 276 g/mol. The molecule has 0 radical (unpaired) electrons. The summed E-state index contributed by atoms with van der Waals surface area (Å²) in [6.45, 7) is 10.5. The zero-order chi connectivity index (χ0) is 15.3. The molecule has 3 nitrogen and oxygen atoms in total. The average Bonchev–Trinajstić information content (AvgIpc) is 2.31. The van der Waals surface area contributed by atoms with E-state index < -0.39 is 0 Å². The zero-order valence-electron chi connectivity index (χ0n) is 13.4. The Morgan fingerprint density at radius 3 is 2.60 bits per heavy atom. The predicted octanol–water partition coefficient (Wildman–Crippen LogP) is 3.67. The molecule has 1 rings (SSSR count). The van der Waals surface area contributed by atoms with Gasteiger partial charge in [0.15, 0.2) is 0 Å². The highest BCUT2D eigenvalue weighted by molar-refractivity contribution is 5.76. The number of allylic oxidation sites excluding steroid dienone is 2. The monoisotopic (exact) mass is 276 g/mol. The van der Waals surface area contributed by atoms with E-state index in [2.05, 4.69) is 38.2 Å². The summed E-state index contributed by atoms with van der Waals surface area (Å²) in [7, 11) is 0. The summed E-state index contributed by atoms with van der Waals surface area (Å²) in [6.07, 6.45) is 4.43. The van der Waals surface area contributed by atoms with Crippen molar-refractivity contribution in [1.82, 2.24) is 5.32 Å². The van der Waals surface area contributed by atoms with E-state index in [1.54, 1.807) is 0 Å². The van der Waals surface area contributed by atoms with Crippen LogP contribution in [-0.2, 0) is 4.79 Å². The third-order valence-corrected chi connectivity index (χ3v) is 4.29. The first-order valence-electron chi connectivity index (χ1n) is 7.69. The van der Waals surface area contributed by atoms with Gasteiger partial charge in [-0.2, -0.15) is 5.26 Å². The maximum absolute atomic E-state index is 12.0. The van der Waals surface area contributed by atoms with Crippen molar-refractivity contribution in [3.05, 3.63) is 11.6 Å². The normalized spacial score (nSPS) is 26.3. The van der Waals surface area contributed by atoms with Crippen LogP contribution in [0.15, 0.2) is 11.6 Å². The third kappa shape index (κ3) is 4.67. The Balaban J connectivity index is 2.77. The lowest BCUT2D eigenvalue weighted by Crippen LogP contribution is -2.34. The van der Waals surface area contributed by atoms with Gasteiger partial charge in [0.2, 0.25) is 5.91 Å². The fourth-order valence-corrected chi connectivity index (χ4v) is 3.22. The number of amides is 1. The van der Waals surface area contributed by atoms with Crippen molar-refractivity contribution in [2.75, 3.05) is 0 Å². The predicted molar refractivity (Wildman–Crippen MR) is 81.8 cm³/mol. The minimum Gasteiger partial charge on any atom is -0.354 e. The Morgan fingerprint density at radius 1 is 1.45 bits per heavy atom. The summed E-state index contributed by atoms with van der Waals surface area (Å²) in [5.74, 6) is 1.88. The Labute approximate surface area is 123 Å². The molecule has 0 aromatic heterocycles. The lowest BCUT2D eigenvalue weighted by atomic mass is 9.69. The Morgan fingerprint density at radius 2 is 2.10 bits per heavy atom. The van der Waals surface area contributed by atoms with E-state index in [0.29, 0.717) is 36.5 Å². The van der Waals surface area contributed by atoms with Crippen LogP contribution in [-0.4, -0.2) is 11.9 Å². The van der Waals surface area contributed by atoms with Gasteiger partial charge >= 0.3 is 0 Å². The standard InChI is InChI=1S/C17H28N2O/c1-11(2)16-9-15(10-17(20)19-12(3)4)13(5)8-14(16)6-7-18/h8,11-12,14-16H,6,9-10H2,1-5H3,(H,19,20)/t14-,15+,16+/m1/s1. The van der Waals surface area contributed by atoms with Crippen LogP contribution in [0.5, 0.6) is 0 Å².